The molecule has 2 saturated carbocycles. The van der Waals surface area contributed by atoms with Crippen LogP contribution in [0.4, 0.5) is 0 Å². The zero-order chi connectivity index (χ0) is 8.55. The van der Waals surface area contributed by atoms with Crippen LogP contribution in [0.15, 0.2) is 10.3 Å². The van der Waals surface area contributed by atoms with Gasteiger partial charge in [-0.05, 0) is 25.7 Å². The molecule has 0 aromatic rings. The van der Waals surface area contributed by atoms with Gasteiger partial charge in [-0.2, -0.15) is 0 Å². The summed E-state index contributed by atoms with van der Waals surface area (Å²) in [7, 11) is 0. The van der Waals surface area contributed by atoms with Crippen molar-refractivity contribution in [2.24, 2.45) is 22.1 Å². The quantitative estimate of drug-likeness (QED) is 0.425. The second-order valence-corrected chi connectivity index (χ2v) is 3.47. The van der Waals surface area contributed by atoms with Crippen LogP contribution in [0, 0.1) is 11.8 Å². The van der Waals surface area contributed by atoms with Crippen molar-refractivity contribution >= 4 is 11.4 Å². The standard InChI is InChI=1S/C8H12N2O2/c11-9-7-3-1-5-6(7)2-4-8(5)10-12/h5-6,11-12H,1-4H2/b9-7+,10-8+. The van der Waals surface area contributed by atoms with E-state index in [0.29, 0.717) is 11.8 Å². The first-order valence-electron chi connectivity index (χ1n) is 4.28. The fourth-order valence-corrected chi connectivity index (χ4v) is 2.43. The third-order valence-electron chi connectivity index (χ3n) is 3.02. The minimum Gasteiger partial charge on any atom is -0.411 e. The third kappa shape index (κ3) is 0.906. The lowest BCUT2D eigenvalue weighted by atomic mass is 9.99. The highest BCUT2D eigenvalue weighted by Gasteiger charge is 2.41. The molecule has 12 heavy (non-hydrogen) atoms. The second kappa shape index (κ2) is 2.77. The van der Waals surface area contributed by atoms with Crippen molar-refractivity contribution in [2.75, 3.05) is 0 Å². The topological polar surface area (TPSA) is 65.2 Å². The van der Waals surface area contributed by atoms with Gasteiger partial charge in [0.15, 0.2) is 0 Å². The van der Waals surface area contributed by atoms with E-state index in [9.17, 15) is 0 Å². The Hall–Kier alpha value is -1.06. The Kier molecular flexibility index (Phi) is 1.75. The van der Waals surface area contributed by atoms with E-state index in [1.165, 1.54) is 0 Å². The van der Waals surface area contributed by atoms with E-state index in [4.69, 9.17) is 10.4 Å². The molecule has 0 spiro atoms. The predicted octanol–water partition coefficient (Wildman–Crippen LogP) is 1.47. The van der Waals surface area contributed by atoms with Crippen molar-refractivity contribution < 1.29 is 10.4 Å². The maximum Gasteiger partial charge on any atom is 0.0608 e. The van der Waals surface area contributed by atoms with E-state index in [1.54, 1.807) is 0 Å². The second-order valence-electron chi connectivity index (χ2n) is 3.47. The number of hydrogen-bond donors (Lipinski definition) is 2. The molecule has 2 rings (SSSR count). The van der Waals surface area contributed by atoms with Crippen molar-refractivity contribution in [1.29, 1.82) is 0 Å². The highest BCUT2D eigenvalue weighted by Crippen LogP contribution is 2.40. The lowest BCUT2D eigenvalue weighted by molar-refractivity contribution is 0.312. The molecule has 2 unspecified atom stereocenters. The lowest BCUT2D eigenvalue weighted by Crippen LogP contribution is -2.12. The molecule has 4 heteroatoms. The Morgan fingerprint density at radius 3 is 1.67 bits per heavy atom. The molecule has 0 heterocycles. The van der Waals surface area contributed by atoms with Gasteiger partial charge in [0, 0.05) is 11.8 Å². The summed E-state index contributed by atoms with van der Waals surface area (Å²) >= 11 is 0. The van der Waals surface area contributed by atoms with Crippen LogP contribution < -0.4 is 0 Å². The van der Waals surface area contributed by atoms with Gasteiger partial charge in [0.2, 0.25) is 0 Å². The van der Waals surface area contributed by atoms with Gasteiger partial charge >= 0.3 is 0 Å². The van der Waals surface area contributed by atoms with Crippen LogP contribution in [0.3, 0.4) is 0 Å². The van der Waals surface area contributed by atoms with E-state index in [0.717, 1.165) is 37.1 Å². The van der Waals surface area contributed by atoms with E-state index in [1.807, 2.05) is 0 Å². The molecule has 0 amide bonds. The SMILES string of the molecule is O/N=C1\CCC2/C(=N/O)CCC12. The van der Waals surface area contributed by atoms with Crippen LogP contribution in [0.5, 0.6) is 0 Å². The summed E-state index contributed by atoms with van der Waals surface area (Å²) in [4.78, 5) is 0. The fraction of sp³-hybridized carbons (Fsp3) is 0.750. The van der Waals surface area contributed by atoms with Crippen LogP contribution >= 0.6 is 0 Å². The van der Waals surface area contributed by atoms with Crippen LogP contribution in [-0.4, -0.2) is 21.8 Å². The van der Waals surface area contributed by atoms with Gasteiger partial charge in [0.25, 0.3) is 0 Å². The van der Waals surface area contributed by atoms with E-state index in [2.05, 4.69) is 10.3 Å². The number of hydrogen-bond acceptors (Lipinski definition) is 4. The first-order chi connectivity index (χ1) is 5.86. The summed E-state index contributed by atoms with van der Waals surface area (Å²) < 4.78 is 0. The molecule has 0 saturated heterocycles. The van der Waals surface area contributed by atoms with Gasteiger partial charge < -0.3 is 10.4 Å². The minimum atomic E-state index is 0.348. The fourth-order valence-electron chi connectivity index (χ4n) is 2.43. The number of oxime groups is 2. The predicted molar refractivity (Wildman–Crippen MR) is 43.9 cm³/mol. The monoisotopic (exact) mass is 168 g/mol. The summed E-state index contributed by atoms with van der Waals surface area (Å²) in [6.45, 7) is 0. The minimum absolute atomic E-state index is 0.348. The van der Waals surface area contributed by atoms with E-state index >= 15 is 0 Å². The Balaban J connectivity index is 2.22. The smallest absolute Gasteiger partial charge is 0.0608 e. The molecular weight excluding hydrogens is 156 g/mol. The van der Waals surface area contributed by atoms with Crippen LogP contribution in [0.2, 0.25) is 0 Å². The van der Waals surface area contributed by atoms with Gasteiger partial charge in [-0.15, -0.1) is 0 Å². The Bertz CT molecular complexity index is 221. The van der Waals surface area contributed by atoms with Crippen molar-refractivity contribution in [1.82, 2.24) is 0 Å². The Labute approximate surface area is 70.6 Å². The third-order valence-corrected chi connectivity index (χ3v) is 3.02. The average molecular weight is 168 g/mol. The molecule has 4 nitrogen and oxygen atoms in total. The van der Waals surface area contributed by atoms with Gasteiger partial charge in [0.1, 0.15) is 0 Å². The van der Waals surface area contributed by atoms with Crippen molar-refractivity contribution in [3.63, 3.8) is 0 Å². The molecule has 66 valence electrons. The summed E-state index contributed by atoms with van der Waals surface area (Å²) in [6, 6.07) is 0. The molecule has 2 atom stereocenters. The van der Waals surface area contributed by atoms with Crippen molar-refractivity contribution in [3.05, 3.63) is 0 Å². The van der Waals surface area contributed by atoms with Gasteiger partial charge in [-0.25, -0.2) is 0 Å². The Morgan fingerprint density at radius 2 is 1.33 bits per heavy atom. The average Bonchev–Trinajstić information content (AvgIpc) is 2.62. The van der Waals surface area contributed by atoms with Crippen molar-refractivity contribution in [3.8, 4) is 0 Å². The van der Waals surface area contributed by atoms with E-state index in [-0.39, 0.29) is 0 Å². The summed E-state index contributed by atoms with van der Waals surface area (Å²) in [6.07, 6.45) is 3.66. The van der Waals surface area contributed by atoms with Crippen LogP contribution in [0.25, 0.3) is 0 Å². The van der Waals surface area contributed by atoms with Crippen LogP contribution in [-0.2, 0) is 0 Å². The number of fused-ring (bicyclic) bond motifs is 1. The summed E-state index contributed by atoms with van der Waals surface area (Å²) in [5.74, 6) is 0.696. The molecule has 2 fully saturated rings. The highest BCUT2D eigenvalue weighted by molar-refractivity contribution is 6.00. The van der Waals surface area contributed by atoms with Gasteiger partial charge in [-0.1, -0.05) is 10.3 Å². The van der Waals surface area contributed by atoms with Crippen molar-refractivity contribution in [2.45, 2.75) is 25.7 Å². The molecule has 2 aliphatic rings. The number of nitrogens with zero attached hydrogens (tertiary/aromatic N) is 2. The molecule has 2 aliphatic carbocycles. The van der Waals surface area contributed by atoms with Gasteiger partial charge in [-0.3, -0.25) is 0 Å². The molecule has 0 aromatic carbocycles. The molecule has 2 N–H and O–H groups in total. The highest BCUT2D eigenvalue weighted by atomic mass is 16.4. The largest absolute Gasteiger partial charge is 0.411 e. The number of rotatable bonds is 0. The maximum atomic E-state index is 8.66. The zero-order valence-electron chi connectivity index (χ0n) is 6.77. The molecule has 0 aliphatic heterocycles. The summed E-state index contributed by atoms with van der Waals surface area (Å²) in [5.41, 5.74) is 1.78. The molecule has 0 aromatic heterocycles. The first kappa shape index (κ1) is 7.58. The molecular formula is C8H12N2O2. The van der Waals surface area contributed by atoms with Crippen LogP contribution in [0.1, 0.15) is 25.7 Å². The summed E-state index contributed by atoms with van der Waals surface area (Å²) in [5, 5.41) is 23.9. The normalized spacial score (nSPS) is 41.0. The zero-order valence-corrected chi connectivity index (χ0v) is 6.77. The van der Waals surface area contributed by atoms with Gasteiger partial charge in [0.05, 0.1) is 11.4 Å². The molecule has 0 bridgehead atoms. The first-order valence-corrected chi connectivity index (χ1v) is 4.28. The maximum absolute atomic E-state index is 8.66. The Morgan fingerprint density at radius 1 is 0.917 bits per heavy atom. The lowest BCUT2D eigenvalue weighted by Gasteiger charge is -2.06. The van der Waals surface area contributed by atoms with E-state index < -0.39 is 0 Å². The molecule has 0 radical (unpaired) electrons.